The zero-order valence-corrected chi connectivity index (χ0v) is 7.51. The minimum atomic E-state index is 0.825. The summed E-state index contributed by atoms with van der Waals surface area (Å²) in [7, 11) is 0. The predicted molar refractivity (Wildman–Crippen MR) is 54.5 cm³/mol. The van der Waals surface area contributed by atoms with Crippen molar-refractivity contribution in [2.45, 2.75) is 13.3 Å². The van der Waals surface area contributed by atoms with Crippen LogP contribution in [0.5, 0.6) is 0 Å². The molecule has 0 bridgehead atoms. The van der Waals surface area contributed by atoms with Crippen LogP contribution in [0.4, 0.5) is 5.69 Å². The van der Waals surface area contributed by atoms with Crippen LogP contribution >= 0.6 is 0 Å². The van der Waals surface area contributed by atoms with E-state index in [2.05, 4.69) is 43.1 Å². The molecule has 64 valence electrons. The molecule has 1 N–H and O–H groups in total. The van der Waals surface area contributed by atoms with Crippen molar-refractivity contribution in [1.29, 1.82) is 0 Å². The highest BCUT2D eigenvalue weighted by Gasteiger charge is 1.89. The van der Waals surface area contributed by atoms with Gasteiger partial charge in [0.1, 0.15) is 0 Å². The fourth-order valence-electron chi connectivity index (χ4n) is 1.05. The Morgan fingerprint density at radius 3 is 2.50 bits per heavy atom. The minimum absolute atomic E-state index is 0.825. The van der Waals surface area contributed by atoms with Gasteiger partial charge in [0.05, 0.1) is 0 Å². The van der Waals surface area contributed by atoms with E-state index in [9.17, 15) is 0 Å². The van der Waals surface area contributed by atoms with Gasteiger partial charge in [-0.2, -0.15) is 0 Å². The summed E-state index contributed by atoms with van der Waals surface area (Å²) >= 11 is 0. The Hall–Kier alpha value is -1.24. The van der Waals surface area contributed by atoms with Crippen LogP contribution in [0.25, 0.3) is 0 Å². The average molecular weight is 161 g/mol. The highest BCUT2D eigenvalue weighted by Crippen LogP contribution is 2.09. The molecule has 0 spiro atoms. The van der Waals surface area contributed by atoms with Crippen molar-refractivity contribution < 1.29 is 0 Å². The van der Waals surface area contributed by atoms with Gasteiger partial charge in [0.15, 0.2) is 0 Å². The van der Waals surface area contributed by atoms with Crippen molar-refractivity contribution in [3.8, 4) is 0 Å². The molecule has 1 nitrogen and oxygen atoms in total. The van der Waals surface area contributed by atoms with Crippen LogP contribution in [0, 0.1) is 0 Å². The molecule has 0 unspecified atom stereocenters. The summed E-state index contributed by atoms with van der Waals surface area (Å²) in [6.07, 6.45) is 2.95. The number of rotatable bonds is 4. The largest absolute Gasteiger partial charge is 0.382 e. The van der Waals surface area contributed by atoms with Gasteiger partial charge in [-0.05, 0) is 24.1 Å². The summed E-state index contributed by atoms with van der Waals surface area (Å²) in [4.78, 5) is 0. The van der Waals surface area contributed by atoms with Gasteiger partial charge in [-0.1, -0.05) is 25.1 Å². The number of anilines is 1. The fraction of sp³-hybridized carbons (Fsp3) is 0.273. The highest BCUT2D eigenvalue weighted by molar-refractivity contribution is 5.44. The first-order valence-electron chi connectivity index (χ1n) is 4.30. The molecule has 1 aromatic rings. The van der Waals surface area contributed by atoms with E-state index in [1.807, 2.05) is 6.08 Å². The lowest BCUT2D eigenvalue weighted by atomic mass is 10.1. The quantitative estimate of drug-likeness (QED) is 0.669. The Bertz CT molecular complexity index is 236. The zero-order valence-electron chi connectivity index (χ0n) is 7.51. The first-order chi connectivity index (χ1) is 5.86. The lowest BCUT2D eigenvalue weighted by Gasteiger charge is -2.03. The van der Waals surface area contributed by atoms with Crippen molar-refractivity contribution in [2.75, 3.05) is 11.9 Å². The van der Waals surface area contributed by atoms with Crippen molar-refractivity contribution in [3.05, 3.63) is 42.5 Å². The van der Waals surface area contributed by atoms with Gasteiger partial charge in [0.2, 0.25) is 0 Å². The molecule has 12 heavy (non-hydrogen) atoms. The molecule has 1 heteroatoms. The molecule has 0 fully saturated rings. The molecule has 0 aliphatic rings. The predicted octanol–water partition coefficient (Wildman–Crippen LogP) is 2.85. The standard InChI is InChI=1S/C11H15N/c1-3-9-12-11-7-5-10(4-2)6-8-11/h3,5-8,12H,1,4,9H2,2H3. The van der Waals surface area contributed by atoms with E-state index in [0.717, 1.165) is 18.7 Å². The summed E-state index contributed by atoms with van der Waals surface area (Å²) in [5.74, 6) is 0. The van der Waals surface area contributed by atoms with Crippen LogP contribution in [-0.2, 0) is 6.42 Å². The first-order valence-corrected chi connectivity index (χ1v) is 4.30. The molecular weight excluding hydrogens is 146 g/mol. The van der Waals surface area contributed by atoms with Crippen LogP contribution in [-0.4, -0.2) is 6.54 Å². The molecule has 0 aromatic heterocycles. The molecule has 1 rings (SSSR count). The van der Waals surface area contributed by atoms with E-state index in [1.165, 1.54) is 5.56 Å². The van der Waals surface area contributed by atoms with Crippen molar-refractivity contribution in [1.82, 2.24) is 0 Å². The Labute approximate surface area is 74.1 Å². The van der Waals surface area contributed by atoms with Crippen LogP contribution in [0.1, 0.15) is 12.5 Å². The van der Waals surface area contributed by atoms with Crippen LogP contribution in [0.2, 0.25) is 0 Å². The molecule has 0 aliphatic carbocycles. The highest BCUT2D eigenvalue weighted by atomic mass is 14.8. The molecule has 1 aromatic carbocycles. The van der Waals surface area contributed by atoms with E-state index >= 15 is 0 Å². The maximum atomic E-state index is 3.65. The molecule has 0 saturated carbocycles. The van der Waals surface area contributed by atoms with Crippen LogP contribution in [0.15, 0.2) is 36.9 Å². The number of aryl methyl sites for hydroxylation is 1. The van der Waals surface area contributed by atoms with Gasteiger partial charge in [0.25, 0.3) is 0 Å². The molecule has 0 saturated heterocycles. The SMILES string of the molecule is C=CCNc1ccc(CC)cc1. The fourth-order valence-corrected chi connectivity index (χ4v) is 1.05. The van der Waals surface area contributed by atoms with E-state index in [1.54, 1.807) is 0 Å². The summed E-state index contributed by atoms with van der Waals surface area (Å²) in [5.41, 5.74) is 2.53. The topological polar surface area (TPSA) is 12.0 Å². The zero-order chi connectivity index (χ0) is 8.81. The Morgan fingerprint density at radius 1 is 1.33 bits per heavy atom. The van der Waals surface area contributed by atoms with Gasteiger partial charge >= 0.3 is 0 Å². The van der Waals surface area contributed by atoms with E-state index < -0.39 is 0 Å². The number of hydrogen-bond donors (Lipinski definition) is 1. The van der Waals surface area contributed by atoms with Crippen molar-refractivity contribution >= 4 is 5.69 Å². The molecular formula is C11H15N. The molecule has 0 amide bonds. The summed E-state index contributed by atoms with van der Waals surface area (Å²) in [6.45, 7) is 6.63. The van der Waals surface area contributed by atoms with E-state index in [4.69, 9.17) is 0 Å². The third-order valence-electron chi connectivity index (χ3n) is 1.81. The Kier molecular flexibility index (Phi) is 3.39. The maximum absolute atomic E-state index is 3.65. The Morgan fingerprint density at radius 2 is 2.00 bits per heavy atom. The molecule has 0 aliphatic heterocycles. The van der Waals surface area contributed by atoms with E-state index in [0.29, 0.717) is 0 Å². The van der Waals surface area contributed by atoms with Gasteiger partial charge in [0, 0.05) is 12.2 Å². The summed E-state index contributed by atoms with van der Waals surface area (Å²) in [5, 5.41) is 3.23. The second kappa shape index (κ2) is 4.60. The number of benzene rings is 1. The minimum Gasteiger partial charge on any atom is -0.382 e. The van der Waals surface area contributed by atoms with Gasteiger partial charge in [-0.25, -0.2) is 0 Å². The third kappa shape index (κ3) is 2.42. The smallest absolute Gasteiger partial charge is 0.0342 e. The summed E-state index contributed by atoms with van der Waals surface area (Å²) in [6, 6.07) is 8.49. The Balaban J connectivity index is 2.58. The van der Waals surface area contributed by atoms with Gasteiger partial charge in [-0.3, -0.25) is 0 Å². The molecule has 0 atom stereocenters. The third-order valence-corrected chi connectivity index (χ3v) is 1.81. The first kappa shape index (κ1) is 8.85. The number of hydrogen-bond acceptors (Lipinski definition) is 1. The molecule has 0 heterocycles. The summed E-state index contributed by atoms with van der Waals surface area (Å²) < 4.78 is 0. The second-order valence-corrected chi connectivity index (χ2v) is 2.72. The van der Waals surface area contributed by atoms with Gasteiger partial charge < -0.3 is 5.32 Å². The molecule has 0 radical (unpaired) electrons. The average Bonchev–Trinajstić information content (AvgIpc) is 2.15. The lowest BCUT2D eigenvalue weighted by Crippen LogP contribution is -1.97. The second-order valence-electron chi connectivity index (χ2n) is 2.72. The van der Waals surface area contributed by atoms with Crippen LogP contribution in [0.3, 0.4) is 0 Å². The van der Waals surface area contributed by atoms with Crippen molar-refractivity contribution in [3.63, 3.8) is 0 Å². The van der Waals surface area contributed by atoms with Gasteiger partial charge in [-0.15, -0.1) is 6.58 Å². The monoisotopic (exact) mass is 161 g/mol. The number of nitrogens with one attached hydrogen (secondary N) is 1. The maximum Gasteiger partial charge on any atom is 0.0342 e. The van der Waals surface area contributed by atoms with Crippen LogP contribution < -0.4 is 5.32 Å². The van der Waals surface area contributed by atoms with E-state index in [-0.39, 0.29) is 0 Å². The van der Waals surface area contributed by atoms with Crippen molar-refractivity contribution in [2.24, 2.45) is 0 Å². The lowest BCUT2D eigenvalue weighted by molar-refractivity contribution is 1.14. The normalized spacial score (nSPS) is 9.42.